The summed E-state index contributed by atoms with van der Waals surface area (Å²) in [7, 11) is 0. The summed E-state index contributed by atoms with van der Waals surface area (Å²) < 4.78 is 5.22. The highest BCUT2D eigenvalue weighted by molar-refractivity contribution is 6.35. The average molecular weight is 365 g/mol. The highest BCUT2D eigenvalue weighted by Gasteiger charge is 2.43. The molecule has 0 aromatic heterocycles. The van der Waals surface area contributed by atoms with Crippen molar-refractivity contribution >= 4 is 34.9 Å². The molecule has 0 spiro atoms. The van der Waals surface area contributed by atoms with Crippen molar-refractivity contribution in [1.29, 1.82) is 0 Å². The Kier molecular flexibility index (Phi) is 6.04. The maximum absolute atomic E-state index is 12.6. The molecule has 1 aromatic carbocycles. The number of esters is 1. The lowest BCUT2D eigenvalue weighted by atomic mass is 9.80. The standard InChI is InChI=1S/C18H18Cl2N2O2/c1-5-14-16(18(23)24-6-2)15(17(21-4)10(3)22-14)12-8-7-11(19)9-13(12)20/h7-9,15,17H,5-6H2,1-3H3. The summed E-state index contributed by atoms with van der Waals surface area (Å²) in [6, 6.07) is 4.49. The number of allylic oxidation sites excluding steroid dienone is 1. The van der Waals surface area contributed by atoms with Crippen LogP contribution in [0.15, 0.2) is 34.5 Å². The van der Waals surface area contributed by atoms with Crippen LogP contribution in [0.4, 0.5) is 0 Å². The molecule has 0 bridgehead atoms. The summed E-state index contributed by atoms with van der Waals surface area (Å²) in [6.07, 6.45) is 0.567. The molecular formula is C18H18Cl2N2O2. The normalized spacial score (nSPS) is 20.4. The predicted octanol–water partition coefficient (Wildman–Crippen LogP) is 5.07. The molecule has 0 radical (unpaired) electrons. The van der Waals surface area contributed by atoms with Gasteiger partial charge in [0.2, 0.25) is 0 Å². The number of hydrogen-bond donors (Lipinski definition) is 0. The van der Waals surface area contributed by atoms with Crippen LogP contribution in [0.25, 0.3) is 4.85 Å². The zero-order valence-electron chi connectivity index (χ0n) is 13.8. The molecule has 24 heavy (non-hydrogen) atoms. The number of ether oxygens (including phenoxy) is 1. The fourth-order valence-corrected chi connectivity index (χ4v) is 3.41. The van der Waals surface area contributed by atoms with Crippen LogP contribution >= 0.6 is 23.2 Å². The van der Waals surface area contributed by atoms with Gasteiger partial charge in [-0.25, -0.2) is 11.4 Å². The van der Waals surface area contributed by atoms with Gasteiger partial charge in [-0.05, 0) is 38.0 Å². The van der Waals surface area contributed by atoms with Crippen LogP contribution in [0.5, 0.6) is 0 Å². The lowest BCUT2D eigenvalue weighted by molar-refractivity contribution is -0.139. The highest BCUT2D eigenvalue weighted by Crippen LogP contribution is 2.41. The van der Waals surface area contributed by atoms with E-state index in [4.69, 9.17) is 34.5 Å². The van der Waals surface area contributed by atoms with Gasteiger partial charge in [-0.3, -0.25) is 4.99 Å². The van der Waals surface area contributed by atoms with Gasteiger partial charge in [0, 0.05) is 10.0 Å². The Balaban J connectivity index is 2.70. The van der Waals surface area contributed by atoms with E-state index in [1.165, 1.54) is 0 Å². The molecule has 1 aliphatic heterocycles. The molecule has 2 atom stereocenters. The van der Waals surface area contributed by atoms with E-state index < -0.39 is 17.9 Å². The van der Waals surface area contributed by atoms with E-state index in [0.29, 0.717) is 39.0 Å². The van der Waals surface area contributed by atoms with Gasteiger partial charge in [-0.15, -0.1) is 0 Å². The maximum Gasteiger partial charge on any atom is 0.336 e. The minimum atomic E-state index is -0.599. The minimum Gasteiger partial charge on any atom is -0.463 e. The lowest BCUT2D eigenvalue weighted by Crippen LogP contribution is -2.33. The minimum absolute atomic E-state index is 0.256. The molecule has 1 aromatic rings. The van der Waals surface area contributed by atoms with Gasteiger partial charge in [0.05, 0.1) is 23.6 Å². The third kappa shape index (κ3) is 3.48. The zero-order chi connectivity index (χ0) is 17.9. The van der Waals surface area contributed by atoms with Crippen molar-refractivity contribution in [2.24, 2.45) is 4.99 Å². The smallest absolute Gasteiger partial charge is 0.336 e. The Morgan fingerprint density at radius 1 is 1.38 bits per heavy atom. The van der Waals surface area contributed by atoms with E-state index >= 15 is 0 Å². The quantitative estimate of drug-likeness (QED) is 0.553. The number of halogens is 2. The molecule has 0 aliphatic carbocycles. The number of aliphatic imine (C=N–C) groups is 1. The van der Waals surface area contributed by atoms with Crippen LogP contribution in [0.3, 0.4) is 0 Å². The maximum atomic E-state index is 12.6. The lowest BCUT2D eigenvalue weighted by Gasteiger charge is -2.27. The topological polar surface area (TPSA) is 43.0 Å². The molecular weight excluding hydrogens is 347 g/mol. The number of hydrogen-bond acceptors (Lipinski definition) is 3. The van der Waals surface area contributed by atoms with Crippen LogP contribution in [0.2, 0.25) is 10.0 Å². The molecule has 2 rings (SSSR count). The van der Waals surface area contributed by atoms with Crippen molar-refractivity contribution < 1.29 is 9.53 Å². The first kappa shape index (κ1) is 18.5. The number of carbonyl (C=O) groups is 1. The third-order valence-electron chi connectivity index (χ3n) is 3.94. The van der Waals surface area contributed by atoms with E-state index in [2.05, 4.69) is 9.84 Å². The van der Waals surface area contributed by atoms with Crippen LogP contribution < -0.4 is 0 Å². The molecule has 0 amide bonds. The molecule has 0 saturated heterocycles. The SMILES string of the molecule is [C-]#[N+]C1C(C)=NC(CC)=C(C(=O)OCC)C1c1ccc(Cl)cc1Cl. The molecule has 1 heterocycles. The second-order valence-corrected chi connectivity index (χ2v) is 6.25. The average Bonchev–Trinajstić information content (AvgIpc) is 2.54. The molecule has 4 nitrogen and oxygen atoms in total. The first-order chi connectivity index (χ1) is 11.4. The van der Waals surface area contributed by atoms with Gasteiger partial charge in [0.1, 0.15) is 5.92 Å². The molecule has 0 saturated carbocycles. The van der Waals surface area contributed by atoms with Crippen LogP contribution in [-0.4, -0.2) is 24.3 Å². The molecule has 6 heteroatoms. The van der Waals surface area contributed by atoms with Gasteiger partial charge >= 0.3 is 5.97 Å². The molecule has 0 N–H and O–H groups in total. The third-order valence-corrected chi connectivity index (χ3v) is 4.51. The first-order valence-electron chi connectivity index (χ1n) is 7.71. The molecule has 1 aliphatic rings. The summed E-state index contributed by atoms with van der Waals surface area (Å²) in [4.78, 5) is 20.7. The monoisotopic (exact) mass is 364 g/mol. The van der Waals surface area contributed by atoms with Gasteiger partial charge in [-0.1, -0.05) is 36.2 Å². The number of rotatable bonds is 4. The van der Waals surface area contributed by atoms with E-state index in [-0.39, 0.29) is 6.61 Å². The van der Waals surface area contributed by atoms with Crippen molar-refractivity contribution in [2.75, 3.05) is 6.61 Å². The summed E-state index contributed by atoms with van der Waals surface area (Å²) >= 11 is 12.4. The second kappa shape index (κ2) is 7.83. The highest BCUT2D eigenvalue weighted by atomic mass is 35.5. The Hall–Kier alpha value is -1.83. The summed E-state index contributed by atoms with van der Waals surface area (Å²) in [5.41, 5.74) is 2.41. The Labute approximate surface area is 151 Å². The van der Waals surface area contributed by atoms with E-state index in [1.54, 1.807) is 32.0 Å². The second-order valence-electron chi connectivity index (χ2n) is 5.41. The fraction of sp³-hybridized carbons (Fsp3) is 0.389. The van der Waals surface area contributed by atoms with Crippen molar-refractivity contribution in [1.82, 2.24) is 0 Å². The van der Waals surface area contributed by atoms with Crippen molar-refractivity contribution in [3.05, 3.63) is 56.5 Å². The van der Waals surface area contributed by atoms with E-state index in [1.807, 2.05) is 6.92 Å². The van der Waals surface area contributed by atoms with Crippen molar-refractivity contribution in [3.63, 3.8) is 0 Å². The van der Waals surface area contributed by atoms with Gasteiger partial charge in [0.25, 0.3) is 6.04 Å². The number of carbonyl (C=O) groups excluding carboxylic acids is 1. The van der Waals surface area contributed by atoms with Crippen molar-refractivity contribution in [3.8, 4) is 0 Å². The summed E-state index contributed by atoms with van der Waals surface area (Å²) in [5.74, 6) is -0.964. The van der Waals surface area contributed by atoms with Crippen LogP contribution in [-0.2, 0) is 9.53 Å². The van der Waals surface area contributed by atoms with Crippen molar-refractivity contribution in [2.45, 2.75) is 39.2 Å². The Bertz CT molecular complexity index is 763. The molecule has 2 unspecified atom stereocenters. The molecule has 126 valence electrons. The largest absolute Gasteiger partial charge is 0.463 e. The van der Waals surface area contributed by atoms with Gasteiger partial charge in [0.15, 0.2) is 0 Å². The van der Waals surface area contributed by atoms with E-state index in [0.717, 1.165) is 0 Å². The summed E-state index contributed by atoms with van der Waals surface area (Å²) in [6.45, 7) is 13.3. The first-order valence-corrected chi connectivity index (χ1v) is 8.46. The van der Waals surface area contributed by atoms with Crippen LogP contribution in [0.1, 0.15) is 38.7 Å². The van der Waals surface area contributed by atoms with Gasteiger partial charge < -0.3 is 9.58 Å². The zero-order valence-corrected chi connectivity index (χ0v) is 15.3. The Morgan fingerprint density at radius 3 is 2.62 bits per heavy atom. The van der Waals surface area contributed by atoms with E-state index in [9.17, 15) is 4.79 Å². The summed E-state index contributed by atoms with van der Waals surface area (Å²) in [5, 5.41) is 0.926. The van der Waals surface area contributed by atoms with Crippen LogP contribution in [0, 0.1) is 6.57 Å². The predicted molar refractivity (Wildman–Crippen MR) is 96.7 cm³/mol. The number of benzene rings is 1. The number of nitrogens with zero attached hydrogens (tertiary/aromatic N) is 2. The molecule has 0 fully saturated rings. The fourth-order valence-electron chi connectivity index (χ4n) is 2.89. The van der Waals surface area contributed by atoms with Gasteiger partial charge in [-0.2, -0.15) is 0 Å². The Morgan fingerprint density at radius 2 is 2.08 bits per heavy atom.